The second-order valence-electron chi connectivity index (χ2n) is 8.62. The molecule has 4 aromatic rings. The van der Waals surface area contributed by atoms with E-state index < -0.39 is 9.84 Å². The van der Waals surface area contributed by atoms with Crippen LogP contribution in [0.25, 0.3) is 22.3 Å². The molecule has 1 aliphatic rings. The summed E-state index contributed by atoms with van der Waals surface area (Å²) in [5, 5.41) is 8.22. The molecule has 5 rings (SSSR count). The highest BCUT2D eigenvalue weighted by Crippen LogP contribution is 2.32. The minimum absolute atomic E-state index is 0.0107. The van der Waals surface area contributed by atoms with Crippen molar-refractivity contribution in [3.8, 4) is 17.0 Å². The summed E-state index contributed by atoms with van der Waals surface area (Å²) in [7, 11) is -1.54. The Morgan fingerprint density at radius 2 is 2.09 bits per heavy atom. The van der Waals surface area contributed by atoms with Crippen LogP contribution in [0.1, 0.15) is 34.1 Å². The number of rotatable bonds is 6. The first kappa shape index (κ1) is 23.0. The van der Waals surface area contributed by atoms with Crippen molar-refractivity contribution in [3.05, 3.63) is 71.7 Å². The quantitative estimate of drug-likeness (QED) is 0.441. The fraction of sp³-hybridized carbons (Fsp3) is 0.280. The molecule has 1 aromatic carbocycles. The van der Waals surface area contributed by atoms with Gasteiger partial charge in [0.2, 0.25) is 0 Å². The zero-order valence-electron chi connectivity index (χ0n) is 19.4. The van der Waals surface area contributed by atoms with Crippen LogP contribution >= 0.6 is 0 Å². The van der Waals surface area contributed by atoms with E-state index in [4.69, 9.17) is 9.72 Å². The van der Waals surface area contributed by atoms with Gasteiger partial charge < -0.3 is 10.1 Å². The molecule has 0 unspecified atom stereocenters. The minimum atomic E-state index is -3.13. The van der Waals surface area contributed by atoms with Crippen LogP contribution in [0.3, 0.4) is 0 Å². The summed E-state index contributed by atoms with van der Waals surface area (Å²) in [6.45, 7) is 2.13. The second kappa shape index (κ2) is 9.10. The van der Waals surface area contributed by atoms with Gasteiger partial charge in [-0.25, -0.2) is 18.1 Å². The van der Waals surface area contributed by atoms with Crippen LogP contribution in [-0.2, 0) is 16.4 Å². The summed E-state index contributed by atoms with van der Waals surface area (Å²) in [6.07, 6.45) is 3.85. The Labute approximate surface area is 203 Å². The van der Waals surface area contributed by atoms with Crippen molar-refractivity contribution in [3.63, 3.8) is 0 Å². The van der Waals surface area contributed by atoms with Crippen molar-refractivity contribution in [2.24, 2.45) is 0 Å². The summed E-state index contributed by atoms with van der Waals surface area (Å²) in [4.78, 5) is 22.4. The van der Waals surface area contributed by atoms with Crippen molar-refractivity contribution in [1.29, 1.82) is 0 Å². The largest absolute Gasteiger partial charge is 0.497 e. The molecule has 1 N–H and O–H groups in total. The van der Waals surface area contributed by atoms with Gasteiger partial charge >= 0.3 is 0 Å². The Bertz CT molecular complexity index is 1520. The first-order valence-electron chi connectivity index (χ1n) is 11.3. The number of nitrogens with zero attached hydrogens (tertiary/aromatic N) is 4. The maximum atomic E-state index is 13.4. The lowest BCUT2D eigenvalue weighted by Crippen LogP contribution is -2.23. The van der Waals surface area contributed by atoms with Gasteiger partial charge in [0.05, 0.1) is 47.0 Å². The zero-order valence-corrected chi connectivity index (χ0v) is 20.2. The fourth-order valence-electron chi connectivity index (χ4n) is 4.43. The van der Waals surface area contributed by atoms with E-state index in [0.717, 1.165) is 11.1 Å². The Morgan fingerprint density at radius 1 is 1.23 bits per heavy atom. The van der Waals surface area contributed by atoms with Crippen LogP contribution in [-0.4, -0.2) is 52.7 Å². The molecule has 1 fully saturated rings. The second-order valence-corrected chi connectivity index (χ2v) is 10.8. The predicted molar refractivity (Wildman–Crippen MR) is 132 cm³/mol. The normalized spacial score (nSPS) is 16.9. The summed E-state index contributed by atoms with van der Waals surface area (Å²) in [5.41, 5.74) is 3.78. The number of fused-ring (bicyclic) bond motifs is 1. The summed E-state index contributed by atoms with van der Waals surface area (Å²) < 4.78 is 31.4. The molecule has 180 valence electrons. The number of pyridine rings is 2. The number of carbonyl (C=O) groups is 1. The lowest BCUT2D eigenvalue weighted by Gasteiger charge is -2.13. The molecular formula is C25H25N5O4S. The topological polar surface area (TPSA) is 116 Å². The molecule has 0 saturated carbocycles. The number of amides is 1. The molecule has 1 atom stereocenters. The van der Waals surface area contributed by atoms with Crippen molar-refractivity contribution in [2.75, 3.05) is 18.6 Å². The number of methoxy groups -OCH3 is 1. The lowest BCUT2D eigenvalue weighted by atomic mass is 10.0. The minimum Gasteiger partial charge on any atom is -0.497 e. The molecular weight excluding hydrogens is 466 g/mol. The number of hydrogen-bond donors (Lipinski definition) is 1. The first-order chi connectivity index (χ1) is 16.8. The maximum absolute atomic E-state index is 13.4. The molecule has 0 bridgehead atoms. The average Bonchev–Trinajstić information content (AvgIpc) is 3.41. The third kappa shape index (κ3) is 4.61. The molecule has 10 heteroatoms. The van der Waals surface area contributed by atoms with Crippen LogP contribution in [0.15, 0.2) is 54.9 Å². The molecule has 35 heavy (non-hydrogen) atoms. The Morgan fingerprint density at radius 3 is 2.80 bits per heavy atom. The lowest BCUT2D eigenvalue weighted by molar-refractivity contribution is 0.0952. The van der Waals surface area contributed by atoms with E-state index in [1.165, 1.54) is 0 Å². The van der Waals surface area contributed by atoms with E-state index in [9.17, 15) is 13.2 Å². The van der Waals surface area contributed by atoms with Crippen LogP contribution in [0, 0.1) is 6.92 Å². The van der Waals surface area contributed by atoms with E-state index in [-0.39, 0.29) is 23.5 Å². The Balaban J connectivity index is 1.63. The molecule has 1 amide bonds. The summed E-state index contributed by atoms with van der Waals surface area (Å²) in [5.74, 6) is 0.522. The number of aryl methyl sites for hydroxylation is 1. The fourth-order valence-corrected chi connectivity index (χ4v) is 6.12. The average molecular weight is 492 g/mol. The summed E-state index contributed by atoms with van der Waals surface area (Å²) >= 11 is 0. The number of sulfone groups is 1. The predicted octanol–water partition coefficient (Wildman–Crippen LogP) is 3.10. The molecule has 3 aromatic heterocycles. The summed E-state index contributed by atoms with van der Waals surface area (Å²) in [6, 6.07) is 12.6. The maximum Gasteiger partial charge on any atom is 0.252 e. The number of aromatic nitrogens is 4. The number of nitrogens with one attached hydrogen (secondary N) is 1. The first-order valence-corrected chi connectivity index (χ1v) is 13.1. The molecule has 9 nitrogen and oxygen atoms in total. The van der Waals surface area contributed by atoms with Crippen molar-refractivity contribution < 1.29 is 17.9 Å². The molecule has 1 aliphatic heterocycles. The van der Waals surface area contributed by atoms with Gasteiger partial charge in [0.15, 0.2) is 15.5 Å². The number of hydrogen-bond acceptors (Lipinski definition) is 7. The Hall–Kier alpha value is -3.79. The van der Waals surface area contributed by atoms with Crippen molar-refractivity contribution in [2.45, 2.75) is 25.9 Å². The van der Waals surface area contributed by atoms with Gasteiger partial charge in [0, 0.05) is 24.5 Å². The van der Waals surface area contributed by atoms with E-state index >= 15 is 0 Å². The van der Waals surface area contributed by atoms with Crippen LogP contribution in [0.5, 0.6) is 5.75 Å². The van der Waals surface area contributed by atoms with Gasteiger partial charge in [-0.1, -0.05) is 18.2 Å². The Kier molecular flexibility index (Phi) is 5.98. The van der Waals surface area contributed by atoms with Gasteiger partial charge in [0.25, 0.3) is 5.91 Å². The van der Waals surface area contributed by atoms with E-state index in [0.29, 0.717) is 46.7 Å². The SMILES string of the molecule is COc1cccc(-c2cc(C(=O)NCc3cccnc3)c3c(C)nn([C@H]4CCS(=O)(=O)C4)c3n2)c1. The molecule has 1 saturated heterocycles. The smallest absolute Gasteiger partial charge is 0.252 e. The van der Waals surface area contributed by atoms with Gasteiger partial charge in [0.1, 0.15) is 5.75 Å². The van der Waals surface area contributed by atoms with Crippen LogP contribution < -0.4 is 10.1 Å². The monoisotopic (exact) mass is 491 g/mol. The van der Waals surface area contributed by atoms with Gasteiger partial charge in [-0.2, -0.15) is 5.10 Å². The third-order valence-electron chi connectivity index (χ3n) is 6.18. The number of ether oxygens (including phenoxy) is 1. The third-order valence-corrected chi connectivity index (χ3v) is 7.93. The number of carbonyl (C=O) groups excluding carboxylic acids is 1. The molecule has 0 spiro atoms. The van der Waals surface area contributed by atoms with Gasteiger partial charge in [-0.15, -0.1) is 0 Å². The van der Waals surface area contributed by atoms with E-state index in [1.54, 1.807) is 30.3 Å². The van der Waals surface area contributed by atoms with Crippen LogP contribution in [0.2, 0.25) is 0 Å². The highest BCUT2D eigenvalue weighted by molar-refractivity contribution is 7.91. The van der Waals surface area contributed by atoms with Gasteiger partial charge in [-0.05, 0) is 43.2 Å². The standard InChI is InChI=1S/C25H25N5O4S/c1-16-23-21(25(31)27-14-17-5-4-9-26-13-17)12-22(18-6-3-7-20(11-18)34-2)28-24(23)30(29-16)19-8-10-35(32,33)15-19/h3-7,9,11-13,19H,8,10,14-15H2,1-2H3,(H,27,31)/t19-/m0/s1. The molecule has 0 radical (unpaired) electrons. The van der Waals surface area contributed by atoms with Crippen molar-refractivity contribution >= 4 is 26.8 Å². The van der Waals surface area contributed by atoms with Crippen LogP contribution in [0.4, 0.5) is 0 Å². The van der Waals surface area contributed by atoms with E-state index in [1.807, 2.05) is 43.3 Å². The molecule has 0 aliphatic carbocycles. The highest BCUT2D eigenvalue weighted by Gasteiger charge is 2.32. The zero-order chi connectivity index (χ0) is 24.6. The van der Waals surface area contributed by atoms with Crippen molar-refractivity contribution in [1.82, 2.24) is 25.1 Å². The van der Waals surface area contributed by atoms with E-state index in [2.05, 4.69) is 15.4 Å². The highest BCUT2D eigenvalue weighted by atomic mass is 32.2. The van der Waals surface area contributed by atoms with Gasteiger partial charge in [-0.3, -0.25) is 9.78 Å². The number of benzene rings is 1. The molecule has 4 heterocycles.